The van der Waals surface area contributed by atoms with Crippen molar-refractivity contribution in [3.8, 4) is 0 Å². The molecule has 28 heavy (non-hydrogen) atoms. The van der Waals surface area contributed by atoms with Crippen molar-refractivity contribution in [2.24, 2.45) is 0 Å². The maximum Gasteiger partial charge on any atom is 0.251 e. The number of carbonyl (C=O) groups excluding carboxylic acids is 1. The largest absolute Gasteiger partial charge is 0.379 e. The van der Waals surface area contributed by atoms with E-state index < -0.39 is 26.0 Å². The Bertz CT molecular complexity index is 936. The lowest BCUT2D eigenvalue weighted by Gasteiger charge is -2.26. The van der Waals surface area contributed by atoms with Crippen molar-refractivity contribution < 1.29 is 26.4 Å². The molecule has 9 nitrogen and oxygen atoms in total. The number of hydrogen-bond acceptors (Lipinski definition) is 6. The Hall–Kier alpha value is -1.53. The van der Waals surface area contributed by atoms with Crippen LogP contribution in [-0.4, -0.2) is 71.7 Å². The number of hydrogen-bond donors (Lipinski definition) is 2. The molecule has 2 N–H and O–H groups in total. The molecule has 1 aliphatic carbocycles. The summed E-state index contributed by atoms with van der Waals surface area (Å²) in [5.41, 5.74) is 0.821. The molecule has 1 saturated heterocycles. The average Bonchev–Trinajstić information content (AvgIpc) is 3.45. The maximum atomic E-state index is 12.5. The molecule has 1 amide bonds. The van der Waals surface area contributed by atoms with Crippen molar-refractivity contribution in [3.05, 3.63) is 29.3 Å². The molecule has 1 aromatic carbocycles. The van der Waals surface area contributed by atoms with Gasteiger partial charge in [-0.1, -0.05) is 6.07 Å². The van der Waals surface area contributed by atoms with E-state index in [9.17, 15) is 21.6 Å². The molecule has 3 rings (SSSR count). The van der Waals surface area contributed by atoms with Crippen LogP contribution in [0.1, 0.15) is 28.8 Å². The third kappa shape index (κ3) is 5.29. The maximum absolute atomic E-state index is 12.5. The minimum atomic E-state index is -3.67. The highest BCUT2D eigenvalue weighted by Gasteiger charge is 2.29. The van der Waals surface area contributed by atoms with Crippen LogP contribution in [0.4, 0.5) is 0 Å². The minimum Gasteiger partial charge on any atom is -0.379 e. The molecule has 1 saturated carbocycles. The van der Waals surface area contributed by atoms with Gasteiger partial charge in [-0.2, -0.15) is 4.31 Å². The van der Waals surface area contributed by atoms with Gasteiger partial charge in [-0.15, -0.1) is 0 Å². The molecule has 2 fully saturated rings. The standard InChI is InChI=1S/C17H25N3O6S2/c1-13-2-5-15(28(24,25)19-14-3-4-14)12-16(13)17(21)18-6-11-27(22,23)20-7-9-26-10-8-20/h2,5,12,14,19H,3-4,6-11H2,1H3,(H,18,21). The average molecular weight is 432 g/mol. The van der Waals surface area contributed by atoms with E-state index in [-0.39, 0.29) is 28.8 Å². The number of rotatable bonds is 8. The lowest BCUT2D eigenvalue weighted by atomic mass is 10.1. The van der Waals surface area contributed by atoms with Crippen LogP contribution in [0.25, 0.3) is 0 Å². The molecule has 156 valence electrons. The predicted octanol–water partition coefficient (Wildman–Crippen LogP) is -0.172. The fourth-order valence-corrected chi connectivity index (χ4v) is 5.50. The van der Waals surface area contributed by atoms with Crippen molar-refractivity contribution in [2.45, 2.75) is 30.7 Å². The Kier molecular flexibility index (Phi) is 6.40. The van der Waals surface area contributed by atoms with Gasteiger partial charge in [-0.3, -0.25) is 4.79 Å². The van der Waals surface area contributed by atoms with Crippen molar-refractivity contribution in [2.75, 3.05) is 38.6 Å². The van der Waals surface area contributed by atoms with Crippen LogP contribution in [0.5, 0.6) is 0 Å². The molecule has 0 spiro atoms. The Labute approximate surface area is 165 Å². The van der Waals surface area contributed by atoms with Gasteiger partial charge >= 0.3 is 0 Å². The number of amides is 1. The van der Waals surface area contributed by atoms with Gasteiger partial charge in [0.15, 0.2) is 0 Å². The number of sulfonamides is 2. The molecule has 0 radical (unpaired) electrons. The van der Waals surface area contributed by atoms with E-state index in [1.165, 1.54) is 16.4 Å². The Balaban J connectivity index is 1.63. The van der Waals surface area contributed by atoms with Gasteiger partial charge in [-0.25, -0.2) is 21.6 Å². The monoisotopic (exact) mass is 431 g/mol. The molecule has 0 unspecified atom stereocenters. The lowest BCUT2D eigenvalue weighted by molar-refractivity contribution is 0.0730. The number of nitrogens with zero attached hydrogens (tertiary/aromatic N) is 1. The Morgan fingerprint density at radius 3 is 2.50 bits per heavy atom. The molecule has 1 aliphatic heterocycles. The first-order chi connectivity index (χ1) is 13.2. The highest BCUT2D eigenvalue weighted by molar-refractivity contribution is 7.89. The van der Waals surface area contributed by atoms with Gasteiger partial charge in [0.05, 0.1) is 23.9 Å². The van der Waals surface area contributed by atoms with Crippen LogP contribution < -0.4 is 10.0 Å². The summed E-state index contributed by atoms with van der Waals surface area (Å²) < 4.78 is 58.4. The summed E-state index contributed by atoms with van der Waals surface area (Å²) in [5.74, 6) is -0.725. The second-order valence-corrected chi connectivity index (χ2v) is 10.8. The van der Waals surface area contributed by atoms with Gasteiger partial charge in [0.2, 0.25) is 20.0 Å². The van der Waals surface area contributed by atoms with Gasteiger partial charge < -0.3 is 10.1 Å². The molecule has 0 aromatic heterocycles. The predicted molar refractivity (Wildman–Crippen MR) is 103 cm³/mol. The van der Waals surface area contributed by atoms with Crippen LogP contribution in [0.2, 0.25) is 0 Å². The normalized spacial score (nSPS) is 18.8. The number of carbonyl (C=O) groups is 1. The number of aryl methyl sites for hydroxylation is 1. The van der Waals surface area contributed by atoms with E-state index in [1.807, 2.05) is 0 Å². The number of benzene rings is 1. The quantitative estimate of drug-likeness (QED) is 0.589. The lowest BCUT2D eigenvalue weighted by Crippen LogP contribution is -2.43. The van der Waals surface area contributed by atoms with Gasteiger partial charge in [0, 0.05) is 31.2 Å². The number of nitrogens with one attached hydrogen (secondary N) is 2. The zero-order valence-corrected chi connectivity index (χ0v) is 17.3. The molecule has 2 aliphatic rings. The van der Waals surface area contributed by atoms with Crippen LogP contribution in [0.3, 0.4) is 0 Å². The molecular formula is C17H25N3O6S2. The van der Waals surface area contributed by atoms with E-state index in [1.54, 1.807) is 13.0 Å². The highest BCUT2D eigenvalue weighted by atomic mass is 32.2. The van der Waals surface area contributed by atoms with Gasteiger partial charge in [0.25, 0.3) is 5.91 Å². The molecule has 1 heterocycles. The van der Waals surface area contributed by atoms with E-state index in [2.05, 4.69) is 10.0 Å². The second kappa shape index (κ2) is 8.46. The van der Waals surface area contributed by atoms with Crippen LogP contribution in [0.15, 0.2) is 23.1 Å². The second-order valence-electron chi connectivity index (χ2n) is 6.96. The first-order valence-corrected chi connectivity index (χ1v) is 12.2. The molecule has 11 heteroatoms. The van der Waals surface area contributed by atoms with Gasteiger partial charge in [0.1, 0.15) is 0 Å². The minimum absolute atomic E-state index is 0.0242. The fourth-order valence-electron chi connectivity index (χ4n) is 2.84. The van der Waals surface area contributed by atoms with E-state index in [4.69, 9.17) is 4.74 Å². The van der Waals surface area contributed by atoms with Crippen molar-refractivity contribution in [3.63, 3.8) is 0 Å². The summed E-state index contributed by atoms with van der Waals surface area (Å²) in [6.45, 7) is 2.98. The SMILES string of the molecule is Cc1ccc(S(=O)(=O)NC2CC2)cc1C(=O)NCCS(=O)(=O)N1CCOCC1. The summed E-state index contributed by atoms with van der Waals surface area (Å²) in [6.07, 6.45) is 1.63. The summed E-state index contributed by atoms with van der Waals surface area (Å²) in [6, 6.07) is 4.32. The molecule has 1 aromatic rings. The van der Waals surface area contributed by atoms with Gasteiger partial charge in [-0.05, 0) is 37.5 Å². The zero-order valence-electron chi connectivity index (χ0n) is 15.7. The van der Waals surface area contributed by atoms with Crippen LogP contribution in [-0.2, 0) is 24.8 Å². The zero-order chi connectivity index (χ0) is 20.4. The highest BCUT2D eigenvalue weighted by Crippen LogP contribution is 2.23. The number of morpholine rings is 1. The number of ether oxygens (including phenoxy) is 1. The van der Waals surface area contributed by atoms with Crippen molar-refractivity contribution >= 4 is 26.0 Å². The first kappa shape index (κ1) is 21.2. The summed E-state index contributed by atoms with van der Waals surface area (Å²) >= 11 is 0. The summed E-state index contributed by atoms with van der Waals surface area (Å²) in [7, 11) is -7.15. The first-order valence-electron chi connectivity index (χ1n) is 9.16. The fraction of sp³-hybridized carbons (Fsp3) is 0.588. The summed E-state index contributed by atoms with van der Waals surface area (Å²) in [4.78, 5) is 12.5. The topological polar surface area (TPSA) is 122 Å². The smallest absolute Gasteiger partial charge is 0.251 e. The van der Waals surface area contributed by atoms with Crippen molar-refractivity contribution in [1.29, 1.82) is 0 Å². The van der Waals surface area contributed by atoms with Crippen LogP contribution >= 0.6 is 0 Å². The molecule has 0 bridgehead atoms. The van der Waals surface area contributed by atoms with Crippen molar-refractivity contribution in [1.82, 2.24) is 14.3 Å². The van der Waals surface area contributed by atoms with Crippen LogP contribution in [0, 0.1) is 6.92 Å². The third-order valence-corrected chi connectivity index (χ3v) is 8.06. The Morgan fingerprint density at radius 2 is 1.86 bits per heavy atom. The summed E-state index contributed by atoms with van der Waals surface area (Å²) in [5, 5.41) is 2.58. The van der Waals surface area contributed by atoms with E-state index in [0.29, 0.717) is 31.9 Å². The molecular weight excluding hydrogens is 406 g/mol. The van der Waals surface area contributed by atoms with E-state index >= 15 is 0 Å². The Morgan fingerprint density at radius 1 is 1.18 bits per heavy atom. The molecule has 0 atom stereocenters. The van der Waals surface area contributed by atoms with E-state index in [0.717, 1.165) is 12.8 Å². The third-order valence-electron chi connectivity index (χ3n) is 4.67.